The highest BCUT2D eigenvalue weighted by Crippen LogP contribution is 2.26. The molecule has 2 atom stereocenters. The minimum absolute atomic E-state index is 0.0785. The molecule has 0 aliphatic carbocycles. The minimum Gasteiger partial charge on any atom is -0.441 e. The van der Waals surface area contributed by atoms with Crippen LogP contribution in [0.1, 0.15) is 76.5 Å². The topological polar surface area (TPSA) is 87.7 Å². The Morgan fingerprint density at radius 2 is 1.46 bits per heavy atom. The van der Waals surface area contributed by atoms with Crippen molar-refractivity contribution in [3.63, 3.8) is 0 Å². The number of aliphatic hydroxyl groups is 1. The van der Waals surface area contributed by atoms with Crippen LogP contribution in [0.15, 0.2) is 60.7 Å². The first-order valence-corrected chi connectivity index (χ1v) is 12.8. The van der Waals surface area contributed by atoms with E-state index in [1.54, 1.807) is 6.92 Å². The average molecular weight is 483 g/mol. The largest absolute Gasteiger partial charge is 0.441 e. The summed E-state index contributed by atoms with van der Waals surface area (Å²) in [5.74, 6) is -0.144. The molecule has 3 N–H and O–H groups in total. The zero-order chi connectivity index (χ0) is 25.5. The van der Waals surface area contributed by atoms with Crippen LogP contribution < -0.4 is 10.6 Å². The van der Waals surface area contributed by atoms with Crippen molar-refractivity contribution < 1.29 is 19.4 Å². The number of amides is 2. The molecule has 0 aliphatic rings. The van der Waals surface area contributed by atoms with Gasteiger partial charge < -0.3 is 20.5 Å². The number of hydrogen-bond donors (Lipinski definition) is 3. The van der Waals surface area contributed by atoms with E-state index < -0.39 is 17.7 Å². The molecule has 0 saturated carbocycles. The first kappa shape index (κ1) is 28.4. The number of carbonyl (C=O) groups is 2. The summed E-state index contributed by atoms with van der Waals surface area (Å²) in [7, 11) is 0. The lowest BCUT2D eigenvalue weighted by molar-refractivity contribution is -0.127. The normalized spacial score (nSPS) is 13.6. The zero-order valence-electron chi connectivity index (χ0n) is 21.5. The second-order valence-electron chi connectivity index (χ2n) is 9.70. The van der Waals surface area contributed by atoms with Crippen molar-refractivity contribution in [3.8, 4) is 0 Å². The highest BCUT2D eigenvalue weighted by molar-refractivity contribution is 5.90. The van der Waals surface area contributed by atoms with Crippen LogP contribution in [-0.4, -0.2) is 35.8 Å². The van der Waals surface area contributed by atoms with Crippen LogP contribution in [0.3, 0.4) is 0 Å². The van der Waals surface area contributed by atoms with Gasteiger partial charge in [0.2, 0.25) is 5.91 Å². The Morgan fingerprint density at radius 3 is 2.06 bits per heavy atom. The Hall–Kier alpha value is -2.86. The van der Waals surface area contributed by atoms with Crippen LogP contribution in [0.4, 0.5) is 4.79 Å². The highest BCUT2D eigenvalue weighted by Gasteiger charge is 2.36. The SMILES string of the molecule is CC(C)[C@H](OC(=O)N[C@](C)(Cc1ccccc1)C(=O)NCCCCCCCCO)c1ccccc1. The maximum Gasteiger partial charge on any atom is 0.408 e. The molecule has 0 bridgehead atoms. The lowest BCUT2D eigenvalue weighted by Gasteiger charge is -2.31. The number of unbranched alkanes of at least 4 members (excludes halogenated alkanes) is 5. The molecule has 0 spiro atoms. The van der Waals surface area contributed by atoms with E-state index in [1.165, 1.54) is 0 Å². The molecule has 2 amide bonds. The van der Waals surface area contributed by atoms with Gasteiger partial charge in [-0.1, -0.05) is 100 Å². The van der Waals surface area contributed by atoms with E-state index in [0.717, 1.165) is 49.7 Å². The number of hydrogen-bond acceptors (Lipinski definition) is 4. The molecule has 0 radical (unpaired) electrons. The fourth-order valence-corrected chi connectivity index (χ4v) is 4.13. The third-order valence-corrected chi connectivity index (χ3v) is 6.12. The van der Waals surface area contributed by atoms with Crippen LogP contribution in [0.2, 0.25) is 0 Å². The molecule has 0 fully saturated rings. The Kier molecular flexibility index (Phi) is 12.3. The van der Waals surface area contributed by atoms with Crippen LogP contribution in [0.5, 0.6) is 0 Å². The Bertz CT molecular complexity index is 873. The predicted octanol–water partition coefficient (Wildman–Crippen LogP) is 5.56. The van der Waals surface area contributed by atoms with Gasteiger partial charge >= 0.3 is 6.09 Å². The highest BCUT2D eigenvalue weighted by atomic mass is 16.6. The van der Waals surface area contributed by atoms with Crippen LogP contribution in [-0.2, 0) is 16.0 Å². The maximum absolute atomic E-state index is 13.3. The van der Waals surface area contributed by atoms with Crippen LogP contribution in [0, 0.1) is 5.92 Å². The second kappa shape index (κ2) is 15.2. The van der Waals surface area contributed by atoms with Gasteiger partial charge in [0, 0.05) is 19.6 Å². The molecule has 2 aromatic rings. The number of ether oxygens (including phenoxy) is 1. The van der Waals surface area contributed by atoms with E-state index in [0.29, 0.717) is 13.0 Å². The third-order valence-electron chi connectivity index (χ3n) is 6.12. The number of alkyl carbamates (subject to hydrolysis) is 1. The molecule has 6 heteroatoms. The van der Waals surface area contributed by atoms with Crippen molar-refractivity contribution in [3.05, 3.63) is 71.8 Å². The summed E-state index contributed by atoms with van der Waals surface area (Å²) in [5, 5.41) is 14.7. The molecular formula is C29H42N2O4. The van der Waals surface area contributed by atoms with Crippen molar-refractivity contribution in [1.82, 2.24) is 10.6 Å². The van der Waals surface area contributed by atoms with Gasteiger partial charge in [0.1, 0.15) is 11.6 Å². The summed E-state index contributed by atoms with van der Waals surface area (Å²) in [6.07, 6.45) is 5.28. The van der Waals surface area contributed by atoms with Crippen molar-refractivity contribution in [2.24, 2.45) is 5.92 Å². The average Bonchev–Trinajstić information content (AvgIpc) is 2.85. The Labute approximate surface area is 210 Å². The van der Waals surface area contributed by atoms with E-state index in [9.17, 15) is 9.59 Å². The predicted molar refractivity (Wildman–Crippen MR) is 140 cm³/mol. The van der Waals surface area contributed by atoms with Gasteiger partial charge in [-0.2, -0.15) is 0 Å². The Morgan fingerprint density at radius 1 is 0.886 bits per heavy atom. The van der Waals surface area contributed by atoms with E-state index in [4.69, 9.17) is 9.84 Å². The Balaban J connectivity index is 2.01. The summed E-state index contributed by atoms with van der Waals surface area (Å²) in [4.78, 5) is 26.3. The second-order valence-corrected chi connectivity index (χ2v) is 9.70. The molecule has 0 aliphatic heterocycles. The molecule has 2 aromatic carbocycles. The summed E-state index contributed by atoms with van der Waals surface area (Å²) in [6, 6.07) is 19.3. The lowest BCUT2D eigenvalue weighted by Crippen LogP contribution is -2.58. The molecular weight excluding hydrogens is 440 g/mol. The van der Waals surface area contributed by atoms with Gasteiger partial charge in [0.25, 0.3) is 0 Å². The molecule has 6 nitrogen and oxygen atoms in total. The molecule has 0 saturated heterocycles. The molecule has 192 valence electrons. The van der Waals surface area contributed by atoms with Crippen molar-refractivity contribution in [2.75, 3.05) is 13.2 Å². The summed E-state index contributed by atoms with van der Waals surface area (Å²) < 4.78 is 5.82. The number of rotatable bonds is 15. The lowest BCUT2D eigenvalue weighted by atomic mass is 9.91. The summed E-state index contributed by atoms with van der Waals surface area (Å²) in [6.45, 7) is 6.56. The zero-order valence-corrected chi connectivity index (χ0v) is 21.5. The minimum atomic E-state index is -1.15. The van der Waals surface area contributed by atoms with Crippen molar-refractivity contribution in [1.29, 1.82) is 0 Å². The molecule has 0 unspecified atom stereocenters. The van der Waals surface area contributed by atoms with Crippen LogP contribution in [0.25, 0.3) is 0 Å². The van der Waals surface area contributed by atoms with Gasteiger partial charge in [0.05, 0.1) is 0 Å². The summed E-state index contributed by atoms with van der Waals surface area (Å²) in [5.41, 5.74) is 0.723. The molecule has 0 heterocycles. The first-order valence-electron chi connectivity index (χ1n) is 12.8. The monoisotopic (exact) mass is 482 g/mol. The van der Waals surface area contributed by atoms with Crippen molar-refractivity contribution in [2.45, 2.75) is 77.4 Å². The van der Waals surface area contributed by atoms with E-state index in [-0.39, 0.29) is 18.4 Å². The molecule has 0 aromatic heterocycles. The molecule has 2 rings (SSSR count). The number of nitrogens with one attached hydrogen (secondary N) is 2. The van der Waals surface area contributed by atoms with Gasteiger partial charge in [-0.25, -0.2) is 4.79 Å². The molecule has 35 heavy (non-hydrogen) atoms. The smallest absolute Gasteiger partial charge is 0.408 e. The van der Waals surface area contributed by atoms with E-state index >= 15 is 0 Å². The van der Waals surface area contributed by atoms with Gasteiger partial charge in [-0.05, 0) is 36.8 Å². The third kappa shape index (κ3) is 10.1. The first-order chi connectivity index (χ1) is 16.9. The van der Waals surface area contributed by atoms with Gasteiger partial charge in [0.15, 0.2) is 0 Å². The number of carbonyl (C=O) groups excluding carboxylic acids is 2. The van der Waals surface area contributed by atoms with E-state index in [2.05, 4.69) is 10.6 Å². The van der Waals surface area contributed by atoms with Crippen LogP contribution >= 0.6 is 0 Å². The van der Waals surface area contributed by atoms with Gasteiger partial charge in [-0.3, -0.25) is 4.79 Å². The quantitative estimate of drug-likeness (QED) is 0.290. The van der Waals surface area contributed by atoms with Gasteiger partial charge in [-0.15, -0.1) is 0 Å². The fourth-order valence-electron chi connectivity index (χ4n) is 4.13. The van der Waals surface area contributed by atoms with Crippen molar-refractivity contribution >= 4 is 12.0 Å². The number of benzene rings is 2. The standard InChI is InChI=1S/C29H42N2O4/c1-23(2)26(25-18-12-9-13-19-25)35-28(34)31-29(3,22-24-16-10-8-11-17-24)27(33)30-20-14-6-4-5-7-15-21-32/h8-13,16-19,23,26,32H,4-7,14-15,20-22H2,1-3H3,(H,30,33)(H,31,34)/t26-,29+/m0/s1. The summed E-state index contributed by atoms with van der Waals surface area (Å²) >= 11 is 0. The fraction of sp³-hybridized carbons (Fsp3) is 0.517. The number of aliphatic hydroxyl groups excluding tert-OH is 1. The van der Waals surface area contributed by atoms with E-state index in [1.807, 2.05) is 74.5 Å². The maximum atomic E-state index is 13.3.